The summed E-state index contributed by atoms with van der Waals surface area (Å²) in [6, 6.07) is 17.5. The van der Waals surface area contributed by atoms with Crippen LogP contribution in [-0.2, 0) is 0 Å². The van der Waals surface area contributed by atoms with Crippen molar-refractivity contribution in [1.82, 2.24) is 0 Å². The van der Waals surface area contributed by atoms with Gasteiger partial charge < -0.3 is 0 Å². The first kappa shape index (κ1) is 31.1. The van der Waals surface area contributed by atoms with Crippen molar-refractivity contribution >= 4 is 21.5 Å². The fraction of sp³-hybridized carbons (Fsp3) is 0.364. The molecule has 1 aliphatic rings. The van der Waals surface area contributed by atoms with Gasteiger partial charge in [0, 0.05) is 70.2 Å². The van der Waals surface area contributed by atoms with Crippen LogP contribution in [0.15, 0.2) is 48.5 Å². The monoisotopic (exact) mass is 572 g/mol. The van der Waals surface area contributed by atoms with Crippen LogP contribution in [0.3, 0.4) is 0 Å². The molecule has 220 valence electrons. The number of fused-ring (bicyclic) bond motifs is 6. The first-order valence-electron chi connectivity index (χ1n) is 16.9. The third-order valence-corrected chi connectivity index (χ3v) is 8.41. The third-order valence-electron chi connectivity index (χ3n) is 8.41. The Morgan fingerprint density at radius 3 is 0.795 bits per heavy atom. The fourth-order valence-electron chi connectivity index (χ4n) is 6.00. The van der Waals surface area contributed by atoms with Crippen LogP contribution in [0, 0.1) is 47.4 Å². The number of rotatable bonds is 8. The van der Waals surface area contributed by atoms with Crippen LogP contribution in [0.1, 0.15) is 127 Å². The largest absolute Gasteiger partial charge is 0.0978 e. The van der Waals surface area contributed by atoms with Crippen molar-refractivity contribution in [2.24, 2.45) is 0 Å². The van der Waals surface area contributed by atoms with Crippen LogP contribution >= 0.6 is 0 Å². The Labute approximate surface area is 266 Å². The van der Waals surface area contributed by atoms with E-state index in [1.54, 1.807) is 0 Å². The standard InChI is InChI=1S/C44H44/c1-5-9-13-17-29-37-33-25-21-22-26-34(33)38(30-18-14-10-6-2)42-41(37)43-39(31-19-15-11-7-3)35-27-23-24-28-36(35)40(44(42)43)32-20-16-12-8-4/h21-28H,5-16H2,1-4H3. The van der Waals surface area contributed by atoms with Crippen molar-refractivity contribution in [2.45, 2.75) is 105 Å². The van der Waals surface area contributed by atoms with Gasteiger partial charge in [0.1, 0.15) is 0 Å². The van der Waals surface area contributed by atoms with E-state index in [4.69, 9.17) is 0 Å². The number of hydrogen-bond donors (Lipinski definition) is 0. The van der Waals surface area contributed by atoms with E-state index in [0.29, 0.717) is 0 Å². The summed E-state index contributed by atoms with van der Waals surface area (Å²) >= 11 is 0. The molecule has 0 spiro atoms. The van der Waals surface area contributed by atoms with Gasteiger partial charge in [0.25, 0.3) is 0 Å². The molecule has 4 aromatic rings. The molecule has 0 heteroatoms. The van der Waals surface area contributed by atoms with Crippen LogP contribution in [0.4, 0.5) is 0 Å². The highest BCUT2D eigenvalue weighted by atomic mass is 14.4. The number of hydrogen-bond acceptors (Lipinski definition) is 0. The summed E-state index contributed by atoms with van der Waals surface area (Å²) in [5.74, 6) is 28.8. The highest BCUT2D eigenvalue weighted by molar-refractivity contribution is 6.22. The minimum Gasteiger partial charge on any atom is -0.0978 e. The van der Waals surface area contributed by atoms with Crippen LogP contribution in [0.25, 0.3) is 43.8 Å². The predicted molar refractivity (Wildman–Crippen MR) is 191 cm³/mol. The number of unbranched alkanes of at least 4 members (excludes halogenated alkanes) is 8. The van der Waals surface area contributed by atoms with Gasteiger partial charge in [-0.15, -0.1) is 0 Å². The van der Waals surface area contributed by atoms with Gasteiger partial charge in [0.05, 0.1) is 0 Å². The van der Waals surface area contributed by atoms with E-state index < -0.39 is 0 Å². The molecule has 5 rings (SSSR count). The Kier molecular flexibility index (Phi) is 10.9. The summed E-state index contributed by atoms with van der Waals surface area (Å²) < 4.78 is 0. The van der Waals surface area contributed by atoms with E-state index in [1.165, 1.54) is 43.8 Å². The molecule has 0 radical (unpaired) electrons. The third kappa shape index (κ3) is 6.29. The summed E-state index contributed by atoms with van der Waals surface area (Å²) in [4.78, 5) is 0. The highest BCUT2D eigenvalue weighted by Crippen LogP contribution is 2.58. The van der Waals surface area contributed by atoms with E-state index in [1.807, 2.05) is 0 Å². The molecule has 1 aliphatic carbocycles. The maximum atomic E-state index is 3.68. The highest BCUT2D eigenvalue weighted by Gasteiger charge is 2.36. The molecule has 0 bridgehead atoms. The van der Waals surface area contributed by atoms with E-state index in [9.17, 15) is 0 Å². The minimum atomic E-state index is 0.903. The fourth-order valence-corrected chi connectivity index (χ4v) is 6.00. The average molecular weight is 573 g/mol. The second kappa shape index (κ2) is 15.4. The van der Waals surface area contributed by atoms with Gasteiger partial charge in [-0.1, -0.05) is 149 Å². The van der Waals surface area contributed by atoms with Crippen LogP contribution in [-0.4, -0.2) is 0 Å². The zero-order valence-electron chi connectivity index (χ0n) is 27.1. The molecule has 4 aromatic carbocycles. The Bertz CT molecular complexity index is 1620. The Morgan fingerprint density at radius 1 is 0.364 bits per heavy atom. The first-order valence-corrected chi connectivity index (χ1v) is 16.9. The van der Waals surface area contributed by atoms with Crippen molar-refractivity contribution < 1.29 is 0 Å². The van der Waals surface area contributed by atoms with Crippen LogP contribution in [0.2, 0.25) is 0 Å². The molecule has 0 fully saturated rings. The van der Waals surface area contributed by atoms with Crippen molar-refractivity contribution in [2.75, 3.05) is 0 Å². The first-order chi connectivity index (χ1) is 21.8. The van der Waals surface area contributed by atoms with E-state index in [0.717, 1.165) is 99.3 Å². The Balaban J connectivity index is 1.90. The number of benzene rings is 4. The molecule has 0 N–H and O–H groups in total. The molecular weight excluding hydrogens is 528 g/mol. The molecular formula is C44H44. The van der Waals surface area contributed by atoms with Gasteiger partial charge >= 0.3 is 0 Å². The lowest BCUT2D eigenvalue weighted by molar-refractivity contribution is 0.828. The van der Waals surface area contributed by atoms with Gasteiger partial charge in [0.2, 0.25) is 0 Å². The van der Waals surface area contributed by atoms with Crippen molar-refractivity contribution in [3.63, 3.8) is 0 Å². The SMILES string of the molecule is CCCCC#Cc1c2c(c(C#CCCCC)c3ccccc13)-c1c-2c(C#CCCCC)c2ccccc2c1C#CCCCC. The molecule has 0 heterocycles. The van der Waals surface area contributed by atoms with Gasteiger partial charge in [0.15, 0.2) is 0 Å². The van der Waals surface area contributed by atoms with Gasteiger partial charge in [-0.3, -0.25) is 0 Å². The lowest BCUT2D eigenvalue weighted by Gasteiger charge is -2.32. The zero-order valence-corrected chi connectivity index (χ0v) is 27.1. The summed E-state index contributed by atoms with van der Waals surface area (Å²) in [7, 11) is 0. The topological polar surface area (TPSA) is 0 Å². The van der Waals surface area contributed by atoms with Gasteiger partial charge in [-0.25, -0.2) is 0 Å². The summed E-state index contributed by atoms with van der Waals surface area (Å²) in [6.45, 7) is 8.90. The summed E-state index contributed by atoms with van der Waals surface area (Å²) in [6.07, 6.45) is 12.6. The lowest BCUT2D eigenvalue weighted by atomic mass is 9.68. The normalized spacial score (nSPS) is 10.6. The summed E-state index contributed by atoms with van der Waals surface area (Å²) in [5.41, 5.74) is 9.39. The van der Waals surface area contributed by atoms with Crippen molar-refractivity contribution in [1.29, 1.82) is 0 Å². The second-order valence-corrected chi connectivity index (χ2v) is 11.7. The van der Waals surface area contributed by atoms with E-state index in [2.05, 4.69) is 124 Å². The summed E-state index contributed by atoms with van der Waals surface area (Å²) in [5, 5.41) is 4.76. The van der Waals surface area contributed by atoms with Gasteiger partial charge in [-0.2, -0.15) is 0 Å². The molecule has 0 atom stereocenters. The van der Waals surface area contributed by atoms with E-state index in [-0.39, 0.29) is 0 Å². The molecule has 0 unspecified atom stereocenters. The van der Waals surface area contributed by atoms with Crippen LogP contribution < -0.4 is 0 Å². The molecule has 0 nitrogen and oxygen atoms in total. The quantitative estimate of drug-likeness (QED) is 0.128. The van der Waals surface area contributed by atoms with Crippen molar-refractivity contribution in [3.05, 3.63) is 70.8 Å². The molecule has 0 saturated heterocycles. The van der Waals surface area contributed by atoms with E-state index >= 15 is 0 Å². The zero-order chi connectivity index (χ0) is 30.7. The minimum absolute atomic E-state index is 0.903. The van der Waals surface area contributed by atoms with Crippen molar-refractivity contribution in [3.8, 4) is 69.6 Å². The molecule has 44 heavy (non-hydrogen) atoms. The van der Waals surface area contributed by atoms with Crippen LogP contribution in [0.5, 0.6) is 0 Å². The molecule has 0 aliphatic heterocycles. The smallest absolute Gasteiger partial charge is 0.0409 e. The maximum Gasteiger partial charge on any atom is 0.0409 e. The lowest BCUT2D eigenvalue weighted by Crippen LogP contribution is -2.11. The molecule has 0 saturated carbocycles. The Hall–Kier alpha value is -4.36. The molecule has 0 aromatic heterocycles. The molecule has 0 amide bonds. The maximum absolute atomic E-state index is 3.68. The Morgan fingerprint density at radius 2 is 0.591 bits per heavy atom. The van der Waals surface area contributed by atoms with Gasteiger partial charge in [-0.05, 0) is 47.2 Å². The second-order valence-electron chi connectivity index (χ2n) is 11.7. The average Bonchev–Trinajstić information content (AvgIpc) is 3.05. The predicted octanol–water partition coefficient (Wildman–Crippen LogP) is 11.8.